The third-order valence-corrected chi connectivity index (χ3v) is 4.52. The average molecular weight is 250 g/mol. The van der Waals surface area contributed by atoms with E-state index in [2.05, 4.69) is 17.5 Å². The van der Waals surface area contributed by atoms with E-state index in [4.69, 9.17) is 4.74 Å². The quantitative estimate of drug-likeness (QED) is 0.753. The molecule has 0 bridgehead atoms. The summed E-state index contributed by atoms with van der Waals surface area (Å²) in [7, 11) is 0. The number of nitrogens with zero attached hydrogens (tertiary/aromatic N) is 1. The fourth-order valence-electron chi connectivity index (χ4n) is 3.36. The molecule has 3 aliphatic rings. The molecule has 4 nitrogen and oxygen atoms in total. The monoisotopic (exact) mass is 250 g/mol. The van der Waals surface area contributed by atoms with E-state index >= 15 is 0 Å². The highest BCUT2D eigenvalue weighted by Gasteiger charge is 2.42. The Labute approximate surface area is 108 Å². The van der Waals surface area contributed by atoms with Crippen LogP contribution in [0.2, 0.25) is 0 Å². The number of amides is 1. The maximum atomic E-state index is 12.3. The summed E-state index contributed by atoms with van der Waals surface area (Å²) in [6.07, 6.45) is 7.05. The molecule has 4 atom stereocenters. The van der Waals surface area contributed by atoms with Gasteiger partial charge in [-0.15, -0.1) is 0 Å². The molecule has 1 aliphatic heterocycles. The van der Waals surface area contributed by atoms with Gasteiger partial charge in [0.15, 0.2) is 0 Å². The van der Waals surface area contributed by atoms with Gasteiger partial charge in [-0.25, -0.2) is 0 Å². The Bertz CT molecular complexity index is 350. The summed E-state index contributed by atoms with van der Waals surface area (Å²) in [5, 5.41) is 3.50. The molecule has 18 heavy (non-hydrogen) atoms. The Morgan fingerprint density at radius 1 is 1.44 bits per heavy atom. The first kappa shape index (κ1) is 12.2. The Kier molecular flexibility index (Phi) is 3.39. The molecule has 1 amide bonds. The predicted molar refractivity (Wildman–Crippen MR) is 69.1 cm³/mol. The SMILES string of the molecule is CC(NC1CC2CC=CC21)C(=O)N1CCOCC1. The van der Waals surface area contributed by atoms with Gasteiger partial charge in [0.1, 0.15) is 0 Å². The van der Waals surface area contributed by atoms with Crippen LogP contribution < -0.4 is 5.32 Å². The van der Waals surface area contributed by atoms with E-state index in [1.807, 2.05) is 11.8 Å². The standard InChI is InChI=1S/C14H22N2O2/c1-10(14(17)16-5-7-18-8-6-16)15-13-9-11-3-2-4-12(11)13/h2,4,10-13,15H,3,5-9H2,1H3. The van der Waals surface area contributed by atoms with Gasteiger partial charge in [0.25, 0.3) is 0 Å². The van der Waals surface area contributed by atoms with Gasteiger partial charge in [-0.05, 0) is 31.6 Å². The number of nitrogens with one attached hydrogen (secondary N) is 1. The second-order valence-corrected chi connectivity index (χ2v) is 5.67. The van der Waals surface area contributed by atoms with Crippen LogP contribution in [0.25, 0.3) is 0 Å². The number of hydrogen-bond donors (Lipinski definition) is 1. The van der Waals surface area contributed by atoms with E-state index in [1.165, 1.54) is 12.8 Å². The Morgan fingerprint density at radius 2 is 2.22 bits per heavy atom. The lowest BCUT2D eigenvalue weighted by Gasteiger charge is -2.42. The minimum atomic E-state index is -0.0666. The van der Waals surface area contributed by atoms with Crippen LogP contribution in [0.5, 0.6) is 0 Å². The molecular formula is C14H22N2O2. The van der Waals surface area contributed by atoms with E-state index in [-0.39, 0.29) is 11.9 Å². The van der Waals surface area contributed by atoms with E-state index in [1.54, 1.807) is 0 Å². The van der Waals surface area contributed by atoms with Crippen molar-refractivity contribution >= 4 is 5.91 Å². The van der Waals surface area contributed by atoms with E-state index in [0.717, 1.165) is 19.0 Å². The molecule has 4 heteroatoms. The van der Waals surface area contributed by atoms with Gasteiger partial charge in [-0.2, -0.15) is 0 Å². The normalized spacial score (nSPS) is 36.1. The molecule has 2 fully saturated rings. The molecule has 1 saturated heterocycles. The van der Waals surface area contributed by atoms with Crippen LogP contribution in [0.4, 0.5) is 0 Å². The molecule has 1 saturated carbocycles. The molecule has 0 aromatic heterocycles. The smallest absolute Gasteiger partial charge is 0.239 e. The number of ether oxygens (including phenoxy) is 1. The summed E-state index contributed by atoms with van der Waals surface area (Å²) >= 11 is 0. The molecule has 0 radical (unpaired) electrons. The summed E-state index contributed by atoms with van der Waals surface area (Å²) in [4.78, 5) is 14.2. The van der Waals surface area contributed by atoms with Crippen molar-refractivity contribution in [3.05, 3.63) is 12.2 Å². The molecule has 3 rings (SSSR count). The number of rotatable bonds is 3. The molecule has 100 valence electrons. The Balaban J connectivity index is 1.50. The van der Waals surface area contributed by atoms with Gasteiger partial charge >= 0.3 is 0 Å². The minimum Gasteiger partial charge on any atom is -0.378 e. The van der Waals surface area contributed by atoms with Crippen LogP contribution in [0.3, 0.4) is 0 Å². The summed E-state index contributed by atoms with van der Waals surface area (Å²) in [6, 6.07) is 0.441. The number of morpholine rings is 1. The summed E-state index contributed by atoms with van der Waals surface area (Å²) in [5.41, 5.74) is 0. The van der Waals surface area contributed by atoms with Gasteiger partial charge in [-0.3, -0.25) is 4.79 Å². The zero-order valence-corrected chi connectivity index (χ0v) is 11.0. The topological polar surface area (TPSA) is 41.6 Å². The second kappa shape index (κ2) is 5.02. The summed E-state index contributed by atoms with van der Waals surface area (Å²) in [6.45, 7) is 4.82. The van der Waals surface area contributed by atoms with E-state index < -0.39 is 0 Å². The highest BCUT2D eigenvalue weighted by Crippen LogP contribution is 2.42. The lowest BCUT2D eigenvalue weighted by Crippen LogP contribution is -2.56. The number of carbonyl (C=O) groups excluding carboxylic acids is 1. The van der Waals surface area contributed by atoms with Crippen molar-refractivity contribution in [2.24, 2.45) is 11.8 Å². The van der Waals surface area contributed by atoms with E-state index in [9.17, 15) is 4.79 Å². The molecule has 1 N–H and O–H groups in total. The first-order valence-electron chi connectivity index (χ1n) is 7.05. The van der Waals surface area contributed by atoms with Gasteiger partial charge < -0.3 is 15.0 Å². The number of fused-ring (bicyclic) bond motifs is 1. The maximum absolute atomic E-state index is 12.3. The number of carbonyl (C=O) groups is 1. The van der Waals surface area contributed by atoms with Gasteiger partial charge in [0, 0.05) is 19.1 Å². The average Bonchev–Trinajstić information content (AvgIpc) is 2.77. The summed E-state index contributed by atoms with van der Waals surface area (Å²) in [5.74, 6) is 1.74. The van der Waals surface area contributed by atoms with Crippen molar-refractivity contribution < 1.29 is 9.53 Å². The Hall–Kier alpha value is -0.870. The lowest BCUT2D eigenvalue weighted by atomic mass is 9.71. The first-order chi connectivity index (χ1) is 8.75. The molecule has 0 spiro atoms. The van der Waals surface area contributed by atoms with Crippen molar-refractivity contribution in [3.63, 3.8) is 0 Å². The zero-order valence-electron chi connectivity index (χ0n) is 11.0. The van der Waals surface area contributed by atoms with Crippen LogP contribution in [-0.4, -0.2) is 49.2 Å². The molecular weight excluding hydrogens is 228 g/mol. The van der Waals surface area contributed by atoms with Gasteiger partial charge in [0.05, 0.1) is 19.3 Å². The van der Waals surface area contributed by atoms with E-state index in [0.29, 0.717) is 25.2 Å². The largest absolute Gasteiger partial charge is 0.378 e. The van der Waals surface area contributed by atoms with Crippen LogP contribution in [0, 0.1) is 11.8 Å². The molecule has 4 unspecified atom stereocenters. The number of allylic oxidation sites excluding steroid dienone is 1. The molecule has 0 aromatic rings. The molecule has 1 heterocycles. The predicted octanol–water partition coefficient (Wildman–Crippen LogP) is 0.788. The van der Waals surface area contributed by atoms with Crippen molar-refractivity contribution in [2.75, 3.05) is 26.3 Å². The molecule has 2 aliphatic carbocycles. The maximum Gasteiger partial charge on any atom is 0.239 e. The van der Waals surface area contributed by atoms with Crippen molar-refractivity contribution in [1.29, 1.82) is 0 Å². The highest BCUT2D eigenvalue weighted by molar-refractivity contribution is 5.81. The molecule has 0 aromatic carbocycles. The number of hydrogen-bond acceptors (Lipinski definition) is 3. The van der Waals surface area contributed by atoms with Gasteiger partial charge in [-0.1, -0.05) is 12.2 Å². The van der Waals surface area contributed by atoms with Crippen LogP contribution in [0.15, 0.2) is 12.2 Å². The fourth-order valence-corrected chi connectivity index (χ4v) is 3.36. The minimum absolute atomic E-state index is 0.0666. The van der Waals surface area contributed by atoms with Crippen molar-refractivity contribution in [1.82, 2.24) is 10.2 Å². The van der Waals surface area contributed by atoms with Crippen LogP contribution in [0.1, 0.15) is 19.8 Å². The van der Waals surface area contributed by atoms with Crippen LogP contribution in [-0.2, 0) is 9.53 Å². The fraction of sp³-hybridized carbons (Fsp3) is 0.786. The third kappa shape index (κ3) is 2.19. The highest BCUT2D eigenvalue weighted by atomic mass is 16.5. The van der Waals surface area contributed by atoms with Crippen molar-refractivity contribution in [2.45, 2.75) is 31.8 Å². The van der Waals surface area contributed by atoms with Gasteiger partial charge in [0.2, 0.25) is 5.91 Å². The summed E-state index contributed by atoms with van der Waals surface area (Å²) < 4.78 is 5.28. The second-order valence-electron chi connectivity index (χ2n) is 5.67. The third-order valence-electron chi connectivity index (χ3n) is 4.52. The Morgan fingerprint density at radius 3 is 2.94 bits per heavy atom. The zero-order chi connectivity index (χ0) is 12.5. The van der Waals surface area contributed by atoms with Crippen molar-refractivity contribution in [3.8, 4) is 0 Å². The lowest BCUT2D eigenvalue weighted by molar-refractivity contribution is -0.137. The first-order valence-corrected chi connectivity index (χ1v) is 7.05. The van der Waals surface area contributed by atoms with Crippen LogP contribution >= 0.6 is 0 Å².